The lowest BCUT2D eigenvalue weighted by Gasteiger charge is -2.14. The molecule has 124 valence electrons. The number of nitrogens with zero attached hydrogens (tertiary/aromatic N) is 2. The van der Waals surface area contributed by atoms with Crippen molar-refractivity contribution in [3.63, 3.8) is 0 Å². The van der Waals surface area contributed by atoms with Crippen LogP contribution in [0.1, 0.15) is 13.8 Å². The fourth-order valence-electron chi connectivity index (χ4n) is 2.42. The quantitative estimate of drug-likeness (QED) is 0.566. The first-order valence-electron chi connectivity index (χ1n) is 7.47. The summed E-state index contributed by atoms with van der Waals surface area (Å²) >= 11 is 0. The van der Waals surface area contributed by atoms with Crippen LogP contribution in [0.15, 0.2) is 36.4 Å². The summed E-state index contributed by atoms with van der Waals surface area (Å²) in [4.78, 5) is 18.0. The average Bonchev–Trinajstić information content (AvgIpc) is 2.97. The second kappa shape index (κ2) is 6.19. The predicted octanol–water partition coefficient (Wildman–Crippen LogP) is 3.93. The van der Waals surface area contributed by atoms with Crippen LogP contribution in [0.4, 0.5) is 5.69 Å². The number of nitro groups is 1. The molecule has 24 heavy (non-hydrogen) atoms. The van der Waals surface area contributed by atoms with Crippen molar-refractivity contribution in [2.24, 2.45) is 0 Å². The molecule has 0 amide bonds. The highest BCUT2D eigenvalue weighted by Crippen LogP contribution is 2.33. The van der Waals surface area contributed by atoms with E-state index in [2.05, 4.69) is 9.97 Å². The highest BCUT2D eigenvalue weighted by atomic mass is 16.6. The van der Waals surface area contributed by atoms with E-state index in [-0.39, 0.29) is 11.8 Å². The smallest absolute Gasteiger partial charge is 0.271 e. The van der Waals surface area contributed by atoms with Gasteiger partial charge in [0.1, 0.15) is 5.82 Å². The van der Waals surface area contributed by atoms with Crippen LogP contribution in [0.25, 0.3) is 22.4 Å². The minimum Gasteiger partial charge on any atom is -0.493 e. The average molecular weight is 327 g/mol. The van der Waals surface area contributed by atoms with Gasteiger partial charge in [-0.15, -0.1) is 0 Å². The number of nitro benzene ring substituents is 1. The summed E-state index contributed by atoms with van der Waals surface area (Å²) in [6.45, 7) is 3.87. The third kappa shape index (κ3) is 3.01. The zero-order valence-corrected chi connectivity index (χ0v) is 13.6. The number of H-pyrrole nitrogens is 1. The van der Waals surface area contributed by atoms with Crippen molar-refractivity contribution in [1.29, 1.82) is 0 Å². The van der Waals surface area contributed by atoms with Crippen LogP contribution in [0.5, 0.6) is 11.5 Å². The van der Waals surface area contributed by atoms with Gasteiger partial charge in [0.25, 0.3) is 5.69 Å². The number of non-ortho nitro benzene ring substituents is 1. The molecule has 2 aromatic carbocycles. The van der Waals surface area contributed by atoms with Crippen LogP contribution < -0.4 is 9.47 Å². The first-order chi connectivity index (χ1) is 11.5. The number of hydrogen-bond donors (Lipinski definition) is 1. The summed E-state index contributed by atoms with van der Waals surface area (Å²) in [5, 5.41) is 10.9. The number of aromatic amines is 1. The van der Waals surface area contributed by atoms with E-state index >= 15 is 0 Å². The lowest BCUT2D eigenvalue weighted by Crippen LogP contribution is -2.06. The molecule has 1 heterocycles. The summed E-state index contributed by atoms with van der Waals surface area (Å²) in [5.74, 6) is 1.87. The van der Waals surface area contributed by atoms with Gasteiger partial charge in [-0.3, -0.25) is 10.1 Å². The van der Waals surface area contributed by atoms with E-state index in [4.69, 9.17) is 9.47 Å². The molecule has 0 radical (unpaired) electrons. The number of benzene rings is 2. The molecule has 0 atom stereocenters. The van der Waals surface area contributed by atoms with Crippen molar-refractivity contribution in [3.05, 3.63) is 46.5 Å². The number of aromatic nitrogens is 2. The summed E-state index contributed by atoms with van der Waals surface area (Å²) in [6.07, 6.45) is 0.00692. The molecule has 1 N–H and O–H groups in total. The molecule has 0 saturated carbocycles. The second-order valence-electron chi connectivity index (χ2n) is 5.58. The largest absolute Gasteiger partial charge is 0.493 e. The molecule has 0 aliphatic rings. The molecule has 3 aromatic rings. The molecule has 0 spiro atoms. The number of methoxy groups -OCH3 is 1. The van der Waals surface area contributed by atoms with Crippen LogP contribution in [0, 0.1) is 10.1 Å². The highest BCUT2D eigenvalue weighted by molar-refractivity contribution is 5.81. The van der Waals surface area contributed by atoms with E-state index in [1.807, 2.05) is 32.0 Å². The molecule has 0 aliphatic heterocycles. The summed E-state index contributed by atoms with van der Waals surface area (Å²) in [7, 11) is 1.59. The first-order valence-corrected chi connectivity index (χ1v) is 7.47. The van der Waals surface area contributed by atoms with Crippen molar-refractivity contribution < 1.29 is 14.4 Å². The molecule has 0 fully saturated rings. The van der Waals surface area contributed by atoms with Gasteiger partial charge in [0.15, 0.2) is 11.5 Å². The second-order valence-corrected chi connectivity index (χ2v) is 5.58. The lowest BCUT2D eigenvalue weighted by molar-refractivity contribution is -0.384. The maximum atomic E-state index is 10.9. The zero-order chi connectivity index (χ0) is 17.3. The molecule has 7 nitrogen and oxygen atoms in total. The van der Waals surface area contributed by atoms with Crippen molar-refractivity contribution in [1.82, 2.24) is 9.97 Å². The highest BCUT2D eigenvalue weighted by Gasteiger charge is 2.13. The molecular weight excluding hydrogens is 310 g/mol. The van der Waals surface area contributed by atoms with Crippen LogP contribution >= 0.6 is 0 Å². The van der Waals surface area contributed by atoms with Crippen molar-refractivity contribution in [3.8, 4) is 22.9 Å². The number of hydrogen-bond acceptors (Lipinski definition) is 5. The van der Waals surface area contributed by atoms with E-state index in [9.17, 15) is 10.1 Å². The summed E-state index contributed by atoms with van der Waals surface area (Å²) in [5.41, 5.74) is 2.11. The molecule has 0 bridgehead atoms. The van der Waals surface area contributed by atoms with E-state index < -0.39 is 4.92 Å². The number of fused-ring (bicyclic) bond motifs is 1. The molecule has 1 aromatic heterocycles. The Labute approximate surface area is 138 Å². The van der Waals surface area contributed by atoms with Gasteiger partial charge in [-0.05, 0) is 38.1 Å². The van der Waals surface area contributed by atoms with Crippen LogP contribution in [-0.2, 0) is 0 Å². The maximum Gasteiger partial charge on any atom is 0.271 e. The fraction of sp³-hybridized carbons (Fsp3) is 0.235. The van der Waals surface area contributed by atoms with Crippen LogP contribution in [-0.4, -0.2) is 28.1 Å². The SMILES string of the molecule is COc1ccc(-c2nc3ccc([N+](=O)[O-])cc3[nH]2)cc1OC(C)C. The van der Waals surface area contributed by atoms with Crippen LogP contribution in [0.2, 0.25) is 0 Å². The van der Waals surface area contributed by atoms with Gasteiger partial charge in [0, 0.05) is 17.7 Å². The normalized spacial score (nSPS) is 11.0. The zero-order valence-electron chi connectivity index (χ0n) is 13.6. The molecule has 0 saturated heterocycles. The molecule has 0 unspecified atom stereocenters. The summed E-state index contributed by atoms with van der Waals surface area (Å²) in [6, 6.07) is 10.0. The maximum absolute atomic E-state index is 10.9. The molecule has 7 heteroatoms. The molecule has 0 aliphatic carbocycles. The van der Waals surface area contributed by atoms with Crippen molar-refractivity contribution in [2.45, 2.75) is 20.0 Å². The van der Waals surface area contributed by atoms with Crippen LogP contribution in [0.3, 0.4) is 0 Å². The van der Waals surface area contributed by atoms with Gasteiger partial charge < -0.3 is 14.5 Å². The van der Waals surface area contributed by atoms with E-state index in [1.165, 1.54) is 12.1 Å². The first kappa shape index (κ1) is 15.8. The Hall–Kier alpha value is -3.09. The number of imidazole rings is 1. The Kier molecular flexibility index (Phi) is 4.07. The number of nitrogens with one attached hydrogen (secondary N) is 1. The molecular formula is C17H17N3O4. The van der Waals surface area contributed by atoms with Gasteiger partial charge in [-0.25, -0.2) is 4.98 Å². The topological polar surface area (TPSA) is 90.3 Å². The Morgan fingerprint density at radius 1 is 1.17 bits per heavy atom. The lowest BCUT2D eigenvalue weighted by atomic mass is 10.2. The van der Waals surface area contributed by atoms with Gasteiger partial charge in [-0.2, -0.15) is 0 Å². The third-order valence-corrected chi connectivity index (χ3v) is 3.48. The Balaban J connectivity index is 2.04. The Morgan fingerprint density at radius 2 is 1.96 bits per heavy atom. The predicted molar refractivity (Wildman–Crippen MR) is 90.5 cm³/mol. The van der Waals surface area contributed by atoms with Gasteiger partial charge in [0.2, 0.25) is 0 Å². The third-order valence-electron chi connectivity index (χ3n) is 3.48. The van der Waals surface area contributed by atoms with Gasteiger partial charge >= 0.3 is 0 Å². The molecule has 3 rings (SSSR count). The minimum atomic E-state index is -0.429. The van der Waals surface area contributed by atoms with Gasteiger partial charge in [-0.1, -0.05) is 0 Å². The minimum absolute atomic E-state index is 0.00692. The van der Waals surface area contributed by atoms with Crippen molar-refractivity contribution >= 4 is 16.7 Å². The van der Waals surface area contributed by atoms with Gasteiger partial charge in [0.05, 0.1) is 29.2 Å². The standard InChI is InChI=1S/C17H17N3O4/c1-10(2)24-16-8-11(4-7-15(16)23-3)17-18-13-6-5-12(20(21)22)9-14(13)19-17/h4-10H,1-3H3,(H,18,19). The Bertz CT molecular complexity index is 902. The number of ether oxygens (including phenoxy) is 2. The Morgan fingerprint density at radius 3 is 2.62 bits per heavy atom. The van der Waals surface area contributed by atoms with Crippen molar-refractivity contribution in [2.75, 3.05) is 7.11 Å². The van der Waals surface area contributed by atoms with E-state index in [0.29, 0.717) is 28.4 Å². The number of rotatable bonds is 5. The monoisotopic (exact) mass is 327 g/mol. The fourth-order valence-corrected chi connectivity index (χ4v) is 2.42. The van der Waals surface area contributed by atoms with E-state index in [1.54, 1.807) is 13.2 Å². The van der Waals surface area contributed by atoms with E-state index in [0.717, 1.165) is 5.56 Å². The summed E-state index contributed by atoms with van der Waals surface area (Å²) < 4.78 is 11.1.